The zero-order chi connectivity index (χ0) is 19.6. The van der Waals surface area contributed by atoms with Crippen LogP contribution < -0.4 is 5.73 Å². The Balaban J connectivity index is 1.47. The van der Waals surface area contributed by atoms with Gasteiger partial charge in [0.2, 0.25) is 5.95 Å². The maximum Gasteiger partial charge on any atom is 0.220 e. The first kappa shape index (κ1) is 17.5. The largest absolute Gasteiger partial charge is 0.368 e. The number of nitrogen functional groups attached to an aromatic ring is 1. The summed E-state index contributed by atoms with van der Waals surface area (Å²) in [5.41, 5.74) is 12.2. The summed E-state index contributed by atoms with van der Waals surface area (Å²) < 4.78 is 1.95. The van der Waals surface area contributed by atoms with E-state index in [1.54, 1.807) is 12.4 Å². The summed E-state index contributed by atoms with van der Waals surface area (Å²) in [5, 5.41) is 4.89. The number of benzene rings is 1. The van der Waals surface area contributed by atoms with Crippen LogP contribution in [0.15, 0.2) is 67.3 Å². The van der Waals surface area contributed by atoms with Crippen molar-refractivity contribution in [2.45, 2.75) is 19.5 Å². The van der Waals surface area contributed by atoms with E-state index < -0.39 is 0 Å². The van der Waals surface area contributed by atoms with Crippen LogP contribution in [0.3, 0.4) is 0 Å². The lowest BCUT2D eigenvalue weighted by molar-refractivity contribution is 0.243. The van der Waals surface area contributed by atoms with E-state index in [0.29, 0.717) is 5.95 Å². The van der Waals surface area contributed by atoms with Gasteiger partial charge in [0, 0.05) is 67.5 Å². The van der Waals surface area contributed by atoms with Crippen molar-refractivity contribution in [3.05, 3.63) is 84.1 Å². The molecule has 0 unspecified atom stereocenters. The monoisotopic (exact) mass is 383 g/mol. The maximum atomic E-state index is 5.73. The minimum Gasteiger partial charge on any atom is -0.368 e. The van der Waals surface area contributed by atoms with Gasteiger partial charge in [-0.25, -0.2) is 14.6 Å². The summed E-state index contributed by atoms with van der Waals surface area (Å²) in [6.45, 7) is 2.53. The van der Waals surface area contributed by atoms with E-state index in [1.165, 1.54) is 5.56 Å². The zero-order valence-corrected chi connectivity index (χ0v) is 15.9. The van der Waals surface area contributed by atoms with Crippen molar-refractivity contribution < 1.29 is 0 Å². The molecular weight excluding hydrogens is 362 g/mol. The van der Waals surface area contributed by atoms with Gasteiger partial charge in [0.1, 0.15) is 0 Å². The second kappa shape index (κ2) is 7.44. The number of anilines is 1. The molecule has 0 bridgehead atoms. The molecule has 29 heavy (non-hydrogen) atoms. The highest BCUT2D eigenvalue weighted by Crippen LogP contribution is 2.26. The van der Waals surface area contributed by atoms with Crippen LogP contribution in [-0.2, 0) is 19.5 Å². The molecule has 0 amide bonds. The molecule has 144 valence electrons. The lowest BCUT2D eigenvalue weighted by atomic mass is 10.1. The number of rotatable bonds is 4. The molecule has 2 N–H and O–H groups in total. The molecule has 0 atom stereocenters. The maximum absolute atomic E-state index is 5.73. The van der Waals surface area contributed by atoms with Gasteiger partial charge in [-0.2, -0.15) is 5.10 Å². The first-order valence-electron chi connectivity index (χ1n) is 9.63. The Bertz CT molecular complexity index is 1120. The van der Waals surface area contributed by atoms with Crippen molar-refractivity contribution in [1.82, 2.24) is 29.6 Å². The van der Waals surface area contributed by atoms with E-state index in [9.17, 15) is 0 Å². The van der Waals surface area contributed by atoms with Crippen molar-refractivity contribution in [1.29, 1.82) is 0 Å². The SMILES string of the molecule is Nc1ncc2c(n1)CCN(Cc1cn(-c3ccccc3)nc1-c1ccncc1)C2. The number of para-hydroxylation sites is 1. The normalized spacial score (nSPS) is 13.9. The van der Waals surface area contributed by atoms with Crippen molar-refractivity contribution in [3.63, 3.8) is 0 Å². The summed E-state index contributed by atoms with van der Waals surface area (Å²) in [4.78, 5) is 15.1. The van der Waals surface area contributed by atoms with Gasteiger partial charge in [-0.15, -0.1) is 0 Å². The molecule has 3 aromatic heterocycles. The Morgan fingerprint density at radius 1 is 1.03 bits per heavy atom. The number of nitrogens with zero attached hydrogens (tertiary/aromatic N) is 6. The minimum atomic E-state index is 0.348. The van der Waals surface area contributed by atoms with Crippen LogP contribution in [0.4, 0.5) is 5.95 Å². The third-order valence-electron chi connectivity index (χ3n) is 5.19. The van der Waals surface area contributed by atoms with Gasteiger partial charge >= 0.3 is 0 Å². The van der Waals surface area contributed by atoms with E-state index in [2.05, 4.69) is 38.2 Å². The average Bonchev–Trinajstić information content (AvgIpc) is 3.19. The van der Waals surface area contributed by atoms with Gasteiger partial charge in [0.05, 0.1) is 17.1 Å². The van der Waals surface area contributed by atoms with Gasteiger partial charge in [-0.05, 0) is 24.3 Å². The molecule has 1 aliphatic rings. The van der Waals surface area contributed by atoms with E-state index in [4.69, 9.17) is 10.8 Å². The number of nitrogens with two attached hydrogens (primary N) is 1. The second-order valence-electron chi connectivity index (χ2n) is 7.18. The van der Waals surface area contributed by atoms with Crippen LogP contribution in [0.5, 0.6) is 0 Å². The number of pyridine rings is 1. The molecule has 1 aromatic carbocycles. The fourth-order valence-corrected chi connectivity index (χ4v) is 3.76. The predicted octanol–water partition coefficient (Wildman–Crippen LogP) is 2.86. The third kappa shape index (κ3) is 3.60. The summed E-state index contributed by atoms with van der Waals surface area (Å²) in [6, 6.07) is 14.2. The molecule has 7 nitrogen and oxygen atoms in total. The molecule has 0 saturated carbocycles. The predicted molar refractivity (Wildman–Crippen MR) is 111 cm³/mol. The molecule has 1 aliphatic heterocycles. The van der Waals surface area contributed by atoms with Crippen molar-refractivity contribution in [3.8, 4) is 16.9 Å². The Hall–Kier alpha value is -3.58. The van der Waals surface area contributed by atoms with Crippen LogP contribution in [0.25, 0.3) is 16.9 Å². The van der Waals surface area contributed by atoms with E-state index >= 15 is 0 Å². The average molecular weight is 383 g/mol. The van der Waals surface area contributed by atoms with Gasteiger partial charge in [0.15, 0.2) is 0 Å². The van der Waals surface area contributed by atoms with Gasteiger partial charge in [-0.1, -0.05) is 18.2 Å². The summed E-state index contributed by atoms with van der Waals surface area (Å²) in [5.74, 6) is 0.348. The second-order valence-corrected chi connectivity index (χ2v) is 7.18. The molecule has 4 heterocycles. The molecule has 7 heteroatoms. The molecule has 0 fully saturated rings. The molecule has 4 aromatic rings. The van der Waals surface area contributed by atoms with Crippen molar-refractivity contribution in [2.75, 3.05) is 12.3 Å². The molecule has 0 saturated heterocycles. The molecular formula is C22H21N7. The third-order valence-corrected chi connectivity index (χ3v) is 5.19. The molecule has 0 radical (unpaired) electrons. The smallest absolute Gasteiger partial charge is 0.220 e. The minimum absolute atomic E-state index is 0.348. The number of hydrogen-bond acceptors (Lipinski definition) is 6. The van der Waals surface area contributed by atoms with Gasteiger partial charge in [-0.3, -0.25) is 9.88 Å². The van der Waals surface area contributed by atoms with Crippen LogP contribution in [0, 0.1) is 0 Å². The van der Waals surface area contributed by atoms with Crippen LogP contribution in [-0.4, -0.2) is 36.2 Å². The Morgan fingerprint density at radius 2 is 1.86 bits per heavy atom. The van der Waals surface area contributed by atoms with E-state index in [-0.39, 0.29) is 0 Å². The quantitative estimate of drug-likeness (QED) is 0.583. The summed E-state index contributed by atoms with van der Waals surface area (Å²) >= 11 is 0. The fourth-order valence-electron chi connectivity index (χ4n) is 3.76. The molecule has 5 rings (SSSR count). The van der Waals surface area contributed by atoms with Crippen molar-refractivity contribution >= 4 is 5.95 Å². The van der Waals surface area contributed by atoms with Gasteiger partial charge < -0.3 is 5.73 Å². The Kier molecular flexibility index (Phi) is 4.50. The van der Waals surface area contributed by atoms with E-state index in [0.717, 1.165) is 54.3 Å². The van der Waals surface area contributed by atoms with Gasteiger partial charge in [0.25, 0.3) is 0 Å². The number of hydrogen-bond donors (Lipinski definition) is 1. The Morgan fingerprint density at radius 3 is 2.69 bits per heavy atom. The zero-order valence-electron chi connectivity index (χ0n) is 15.9. The van der Waals surface area contributed by atoms with E-state index in [1.807, 2.05) is 41.2 Å². The highest BCUT2D eigenvalue weighted by atomic mass is 15.3. The lowest BCUT2D eigenvalue weighted by Crippen LogP contribution is -2.31. The first-order chi connectivity index (χ1) is 14.3. The van der Waals surface area contributed by atoms with Crippen molar-refractivity contribution in [2.24, 2.45) is 0 Å². The van der Waals surface area contributed by atoms with Crippen LogP contribution in [0.2, 0.25) is 0 Å². The molecule has 0 spiro atoms. The Labute approximate surface area is 168 Å². The van der Waals surface area contributed by atoms with Crippen LogP contribution >= 0.6 is 0 Å². The highest BCUT2D eigenvalue weighted by molar-refractivity contribution is 5.62. The fraction of sp³-hybridized carbons (Fsp3) is 0.182. The summed E-state index contributed by atoms with van der Waals surface area (Å²) in [7, 11) is 0. The number of fused-ring (bicyclic) bond motifs is 1. The summed E-state index contributed by atoms with van der Waals surface area (Å²) in [6.07, 6.45) is 8.46. The topological polar surface area (TPSA) is 85.8 Å². The molecule has 0 aliphatic carbocycles. The number of aromatic nitrogens is 5. The van der Waals surface area contributed by atoms with Crippen LogP contribution in [0.1, 0.15) is 16.8 Å². The first-order valence-corrected chi connectivity index (χ1v) is 9.63. The lowest BCUT2D eigenvalue weighted by Gasteiger charge is -2.27. The standard InChI is InChI=1S/C22H21N7/c23-22-25-12-17-13-28(11-8-20(17)26-22)14-18-15-29(19-4-2-1-3-5-19)27-21(18)16-6-9-24-10-7-16/h1-7,9-10,12,15H,8,11,13-14H2,(H2,23,25,26). The highest BCUT2D eigenvalue weighted by Gasteiger charge is 2.21.